The summed E-state index contributed by atoms with van der Waals surface area (Å²) in [6.07, 6.45) is 9.69. The minimum atomic E-state index is -0.415. The second-order valence-corrected chi connectivity index (χ2v) is 7.82. The quantitative estimate of drug-likeness (QED) is 0.442. The number of allylic oxidation sites excluding steroid dienone is 5. The number of carbonyl (C=O) groups excluding carboxylic acids is 2. The lowest BCUT2D eigenvalue weighted by Gasteiger charge is -2.24. The zero-order valence-corrected chi connectivity index (χ0v) is 19.2. The van der Waals surface area contributed by atoms with Crippen LogP contribution in [-0.4, -0.2) is 38.1 Å². The molecule has 172 valence electrons. The molecular weight excluding hydrogens is 407 g/mol. The van der Waals surface area contributed by atoms with E-state index in [-0.39, 0.29) is 17.9 Å². The van der Waals surface area contributed by atoms with Crippen LogP contribution >= 0.6 is 0 Å². The third-order valence-corrected chi connectivity index (χ3v) is 5.47. The summed E-state index contributed by atoms with van der Waals surface area (Å²) in [6, 6.07) is 4.84. The van der Waals surface area contributed by atoms with Crippen molar-refractivity contribution in [3.8, 4) is 0 Å². The first kappa shape index (κ1) is 25.3. The van der Waals surface area contributed by atoms with E-state index in [9.17, 15) is 14.0 Å². The highest BCUT2D eigenvalue weighted by molar-refractivity contribution is 6.20. The lowest BCUT2D eigenvalue weighted by molar-refractivity contribution is -0.117. The molecule has 2 amide bonds. The molecule has 0 bridgehead atoms. The highest BCUT2D eigenvalue weighted by Gasteiger charge is 2.22. The third-order valence-electron chi connectivity index (χ3n) is 5.47. The summed E-state index contributed by atoms with van der Waals surface area (Å²) in [6.45, 7) is 8.58. The topological polar surface area (TPSA) is 67.4 Å². The smallest absolute Gasteiger partial charge is 0.251 e. The highest BCUT2D eigenvalue weighted by atomic mass is 19.1. The second kappa shape index (κ2) is 12.8. The first-order chi connectivity index (χ1) is 15.4. The van der Waals surface area contributed by atoms with Crippen molar-refractivity contribution in [2.75, 3.05) is 20.3 Å². The van der Waals surface area contributed by atoms with Gasteiger partial charge >= 0.3 is 0 Å². The van der Waals surface area contributed by atoms with Gasteiger partial charge in [0.15, 0.2) is 0 Å². The van der Waals surface area contributed by atoms with E-state index < -0.39 is 5.82 Å². The van der Waals surface area contributed by atoms with Crippen molar-refractivity contribution in [3.63, 3.8) is 0 Å². The number of hydrogen-bond acceptors (Lipinski definition) is 3. The monoisotopic (exact) mass is 440 g/mol. The van der Waals surface area contributed by atoms with Crippen LogP contribution in [0.15, 0.2) is 60.2 Å². The van der Waals surface area contributed by atoms with Gasteiger partial charge in [-0.3, -0.25) is 9.59 Å². The highest BCUT2D eigenvalue weighted by Crippen LogP contribution is 2.25. The van der Waals surface area contributed by atoms with E-state index in [1.807, 2.05) is 6.08 Å². The zero-order valence-electron chi connectivity index (χ0n) is 19.2. The van der Waals surface area contributed by atoms with E-state index in [0.29, 0.717) is 48.3 Å². The van der Waals surface area contributed by atoms with Crippen LogP contribution in [0, 0.1) is 12.7 Å². The lowest BCUT2D eigenvalue weighted by atomic mass is 9.96. The Hall–Kier alpha value is -2.99. The first-order valence-electron chi connectivity index (χ1n) is 10.9. The molecule has 0 atom stereocenters. The van der Waals surface area contributed by atoms with Crippen LogP contribution < -0.4 is 10.6 Å². The maximum absolute atomic E-state index is 14.7. The molecule has 1 aliphatic heterocycles. The number of likely N-dealkylation sites (N-methyl/N-ethyl adjacent to an activating group) is 1. The van der Waals surface area contributed by atoms with Crippen LogP contribution in [0.2, 0.25) is 0 Å². The molecule has 0 spiro atoms. The SMILES string of the molecule is C=C/C(=C\C=C(/C)C(=O)NC)CC/C=C(/C(=O)NC1CCOCC1)c1c(C)cccc1F. The minimum absolute atomic E-state index is 0.0215. The number of nitrogens with one attached hydrogen (secondary N) is 2. The van der Waals surface area contributed by atoms with Crippen LogP contribution in [0.25, 0.3) is 5.57 Å². The molecule has 32 heavy (non-hydrogen) atoms. The minimum Gasteiger partial charge on any atom is -0.381 e. The lowest BCUT2D eigenvalue weighted by Crippen LogP contribution is -2.39. The standard InChI is InChI=1S/C26H33FN2O3/c1-5-20(13-12-19(3)25(30)28-4)9-7-10-22(24-18(2)8-6-11-23(24)27)26(31)29-21-14-16-32-17-15-21/h5-6,8,10-13,21H,1,7,9,14-17H2,2-4H3,(H,28,30)(H,29,31)/b19-12+,20-13+,22-10+. The Labute approximate surface area is 190 Å². The molecular formula is C26H33FN2O3. The number of aryl methyl sites for hydroxylation is 1. The number of rotatable bonds is 9. The maximum Gasteiger partial charge on any atom is 0.251 e. The normalized spacial score (nSPS) is 15.9. The number of halogens is 1. The summed E-state index contributed by atoms with van der Waals surface area (Å²) in [5.74, 6) is -0.835. The predicted octanol–water partition coefficient (Wildman–Crippen LogP) is 4.40. The number of carbonyl (C=O) groups is 2. The summed E-state index contributed by atoms with van der Waals surface area (Å²) >= 11 is 0. The molecule has 0 saturated carbocycles. The fourth-order valence-electron chi connectivity index (χ4n) is 3.53. The molecule has 1 aromatic carbocycles. The average Bonchev–Trinajstić information content (AvgIpc) is 2.79. The summed E-state index contributed by atoms with van der Waals surface area (Å²) in [5, 5.41) is 5.62. The van der Waals surface area contributed by atoms with Crippen LogP contribution in [0.1, 0.15) is 43.7 Å². The molecule has 1 aromatic rings. The van der Waals surface area contributed by atoms with Crippen molar-refractivity contribution in [3.05, 3.63) is 77.2 Å². The summed E-state index contributed by atoms with van der Waals surface area (Å²) < 4.78 is 20.1. The van der Waals surface area contributed by atoms with Crippen LogP contribution in [0.4, 0.5) is 4.39 Å². The summed E-state index contributed by atoms with van der Waals surface area (Å²) in [4.78, 5) is 24.8. The Balaban J connectivity index is 2.24. The number of amides is 2. The fraction of sp³-hybridized carbons (Fsp3) is 0.385. The van der Waals surface area contributed by atoms with Crippen molar-refractivity contribution in [2.24, 2.45) is 0 Å². The van der Waals surface area contributed by atoms with Crippen LogP contribution in [-0.2, 0) is 14.3 Å². The van der Waals surface area contributed by atoms with Gasteiger partial charge in [0, 0.05) is 43.0 Å². The molecule has 6 heteroatoms. The maximum atomic E-state index is 14.7. The van der Waals surface area contributed by atoms with E-state index in [4.69, 9.17) is 4.74 Å². The molecule has 0 unspecified atom stereocenters. The summed E-state index contributed by atoms with van der Waals surface area (Å²) in [5.41, 5.74) is 2.88. The molecule has 1 saturated heterocycles. The van der Waals surface area contributed by atoms with E-state index in [2.05, 4.69) is 17.2 Å². The number of benzene rings is 1. The van der Waals surface area contributed by atoms with Gasteiger partial charge in [-0.25, -0.2) is 4.39 Å². The van der Waals surface area contributed by atoms with Gasteiger partial charge in [0.05, 0.1) is 0 Å². The van der Waals surface area contributed by atoms with Gasteiger partial charge in [0.25, 0.3) is 5.91 Å². The van der Waals surface area contributed by atoms with E-state index in [0.717, 1.165) is 18.4 Å². The van der Waals surface area contributed by atoms with Gasteiger partial charge in [-0.05, 0) is 56.7 Å². The fourth-order valence-corrected chi connectivity index (χ4v) is 3.53. The molecule has 2 rings (SSSR count). The molecule has 0 aliphatic carbocycles. The summed E-state index contributed by atoms with van der Waals surface area (Å²) in [7, 11) is 1.58. The van der Waals surface area contributed by atoms with Gasteiger partial charge in [-0.1, -0.05) is 43.0 Å². The van der Waals surface area contributed by atoms with Crippen molar-refractivity contribution in [1.29, 1.82) is 0 Å². The Morgan fingerprint density at radius 2 is 1.94 bits per heavy atom. The van der Waals surface area contributed by atoms with Crippen molar-refractivity contribution < 1.29 is 18.7 Å². The van der Waals surface area contributed by atoms with Crippen LogP contribution in [0.3, 0.4) is 0 Å². The zero-order chi connectivity index (χ0) is 23.5. The largest absolute Gasteiger partial charge is 0.381 e. The Kier molecular flexibility index (Phi) is 10.1. The van der Waals surface area contributed by atoms with Gasteiger partial charge in [0.2, 0.25) is 5.91 Å². The Morgan fingerprint density at radius 3 is 2.56 bits per heavy atom. The molecule has 1 fully saturated rings. The average molecular weight is 441 g/mol. The van der Waals surface area contributed by atoms with E-state index in [1.54, 1.807) is 51.3 Å². The van der Waals surface area contributed by atoms with Crippen molar-refractivity contribution in [2.45, 2.75) is 45.6 Å². The molecule has 0 radical (unpaired) electrons. The van der Waals surface area contributed by atoms with Crippen molar-refractivity contribution >= 4 is 17.4 Å². The second-order valence-electron chi connectivity index (χ2n) is 7.82. The molecule has 1 heterocycles. The van der Waals surface area contributed by atoms with Crippen LogP contribution in [0.5, 0.6) is 0 Å². The van der Waals surface area contributed by atoms with Gasteiger partial charge < -0.3 is 15.4 Å². The first-order valence-corrected chi connectivity index (χ1v) is 10.9. The van der Waals surface area contributed by atoms with Gasteiger partial charge in [0.1, 0.15) is 5.82 Å². The van der Waals surface area contributed by atoms with E-state index >= 15 is 0 Å². The predicted molar refractivity (Wildman–Crippen MR) is 126 cm³/mol. The third kappa shape index (κ3) is 7.31. The molecule has 0 aromatic heterocycles. The molecule has 1 aliphatic rings. The Morgan fingerprint density at radius 1 is 1.22 bits per heavy atom. The molecule has 2 N–H and O–H groups in total. The van der Waals surface area contributed by atoms with Gasteiger partial charge in [-0.2, -0.15) is 0 Å². The van der Waals surface area contributed by atoms with Crippen molar-refractivity contribution in [1.82, 2.24) is 10.6 Å². The van der Waals surface area contributed by atoms with Gasteiger partial charge in [-0.15, -0.1) is 0 Å². The number of ether oxygens (including phenoxy) is 1. The Bertz CT molecular complexity index is 905. The molecule has 5 nitrogen and oxygen atoms in total. The van der Waals surface area contributed by atoms with E-state index in [1.165, 1.54) is 6.07 Å². The number of hydrogen-bond donors (Lipinski definition) is 2.